The fourth-order valence-electron chi connectivity index (χ4n) is 1.87. The van der Waals surface area contributed by atoms with Crippen LogP contribution in [0.1, 0.15) is 29.2 Å². The molecule has 7 heteroatoms. The van der Waals surface area contributed by atoms with Gasteiger partial charge in [0.05, 0.1) is 0 Å². The molecule has 2 rings (SSSR count). The van der Waals surface area contributed by atoms with E-state index in [1.54, 1.807) is 0 Å². The second-order valence-corrected chi connectivity index (χ2v) is 5.08. The van der Waals surface area contributed by atoms with Gasteiger partial charge in [0, 0.05) is 12.2 Å². The number of carboxylic acid groups (broad SMARTS) is 1. The standard InChI is InChI=1S/C10H12N2O4S/c13-8-7(9(14)15)5-12(10(16)11-8)6-1-3-17-4-2-6/h5-6H,1-4H2,(H,14,15)(H,11,13,16). The van der Waals surface area contributed by atoms with Gasteiger partial charge in [-0.3, -0.25) is 14.3 Å². The molecule has 1 aliphatic heterocycles. The van der Waals surface area contributed by atoms with Crippen molar-refractivity contribution in [2.45, 2.75) is 18.9 Å². The Hall–Kier alpha value is -1.50. The Morgan fingerprint density at radius 2 is 2.06 bits per heavy atom. The lowest BCUT2D eigenvalue weighted by Gasteiger charge is -2.23. The molecule has 0 aromatic carbocycles. The molecular weight excluding hydrogens is 244 g/mol. The number of carbonyl (C=O) groups is 1. The second-order valence-electron chi connectivity index (χ2n) is 3.86. The number of aromatic amines is 1. The van der Waals surface area contributed by atoms with E-state index in [0.717, 1.165) is 30.5 Å². The van der Waals surface area contributed by atoms with Crippen LogP contribution in [0.25, 0.3) is 0 Å². The topological polar surface area (TPSA) is 92.2 Å². The number of hydrogen-bond donors (Lipinski definition) is 2. The van der Waals surface area contributed by atoms with Gasteiger partial charge in [0.2, 0.25) is 0 Å². The van der Waals surface area contributed by atoms with E-state index in [2.05, 4.69) is 4.98 Å². The van der Waals surface area contributed by atoms with Gasteiger partial charge in [0.1, 0.15) is 5.56 Å². The number of rotatable bonds is 2. The third kappa shape index (κ3) is 2.44. The molecule has 2 N–H and O–H groups in total. The lowest BCUT2D eigenvalue weighted by molar-refractivity contribution is 0.0693. The van der Waals surface area contributed by atoms with Gasteiger partial charge in [0.25, 0.3) is 5.56 Å². The van der Waals surface area contributed by atoms with E-state index in [1.165, 1.54) is 4.57 Å². The van der Waals surface area contributed by atoms with Crippen LogP contribution in [0.15, 0.2) is 15.8 Å². The van der Waals surface area contributed by atoms with Crippen molar-refractivity contribution in [3.8, 4) is 0 Å². The Morgan fingerprint density at radius 3 is 2.65 bits per heavy atom. The Bertz CT molecular complexity index is 542. The molecule has 0 aliphatic carbocycles. The van der Waals surface area contributed by atoms with Crippen molar-refractivity contribution in [3.63, 3.8) is 0 Å². The van der Waals surface area contributed by atoms with Gasteiger partial charge < -0.3 is 5.11 Å². The largest absolute Gasteiger partial charge is 0.477 e. The fraction of sp³-hybridized carbons (Fsp3) is 0.500. The number of H-pyrrole nitrogens is 1. The quantitative estimate of drug-likeness (QED) is 0.794. The number of nitrogens with zero attached hydrogens (tertiary/aromatic N) is 1. The third-order valence-electron chi connectivity index (χ3n) is 2.78. The van der Waals surface area contributed by atoms with E-state index < -0.39 is 17.2 Å². The van der Waals surface area contributed by atoms with E-state index >= 15 is 0 Å². The first kappa shape index (κ1) is 12.0. The minimum atomic E-state index is -1.31. The minimum absolute atomic E-state index is 0.0151. The molecule has 92 valence electrons. The maximum Gasteiger partial charge on any atom is 0.342 e. The molecule has 0 bridgehead atoms. The summed E-state index contributed by atoms with van der Waals surface area (Å²) in [6.45, 7) is 0. The zero-order chi connectivity index (χ0) is 12.4. The van der Waals surface area contributed by atoms with Gasteiger partial charge in [-0.05, 0) is 24.3 Å². The summed E-state index contributed by atoms with van der Waals surface area (Å²) in [6.07, 6.45) is 2.79. The predicted molar refractivity (Wildman–Crippen MR) is 63.9 cm³/mol. The molecule has 0 amide bonds. The summed E-state index contributed by atoms with van der Waals surface area (Å²) in [4.78, 5) is 35.8. The molecule has 0 saturated carbocycles. The molecule has 0 atom stereocenters. The third-order valence-corrected chi connectivity index (χ3v) is 3.83. The highest BCUT2D eigenvalue weighted by atomic mass is 32.2. The molecule has 1 fully saturated rings. The molecule has 1 saturated heterocycles. The van der Waals surface area contributed by atoms with E-state index in [-0.39, 0.29) is 11.6 Å². The summed E-state index contributed by atoms with van der Waals surface area (Å²) in [6, 6.07) is -0.0151. The molecule has 6 nitrogen and oxygen atoms in total. The van der Waals surface area contributed by atoms with Crippen LogP contribution in [0.4, 0.5) is 0 Å². The highest BCUT2D eigenvalue weighted by molar-refractivity contribution is 7.99. The van der Waals surface area contributed by atoms with E-state index in [4.69, 9.17) is 5.11 Å². The van der Waals surface area contributed by atoms with Crippen molar-refractivity contribution in [2.24, 2.45) is 0 Å². The van der Waals surface area contributed by atoms with Gasteiger partial charge in [-0.2, -0.15) is 11.8 Å². The van der Waals surface area contributed by atoms with Gasteiger partial charge in [0.15, 0.2) is 0 Å². The Labute approximate surface area is 101 Å². The van der Waals surface area contributed by atoms with Crippen molar-refractivity contribution in [2.75, 3.05) is 11.5 Å². The molecule has 2 heterocycles. The summed E-state index contributed by atoms with van der Waals surface area (Å²) in [7, 11) is 0. The number of nitrogens with one attached hydrogen (secondary N) is 1. The number of aromatic carboxylic acids is 1. The van der Waals surface area contributed by atoms with Crippen LogP contribution in [0, 0.1) is 0 Å². The van der Waals surface area contributed by atoms with E-state index in [9.17, 15) is 14.4 Å². The van der Waals surface area contributed by atoms with Crippen LogP contribution in [0.3, 0.4) is 0 Å². The Kier molecular flexibility index (Phi) is 3.37. The lowest BCUT2D eigenvalue weighted by Crippen LogP contribution is -2.36. The first-order valence-corrected chi connectivity index (χ1v) is 6.41. The minimum Gasteiger partial charge on any atom is -0.477 e. The molecular formula is C10H12N2O4S. The Balaban J connectivity index is 2.46. The molecule has 1 aromatic rings. The van der Waals surface area contributed by atoms with Crippen LogP contribution >= 0.6 is 11.8 Å². The van der Waals surface area contributed by atoms with Crippen molar-refractivity contribution >= 4 is 17.7 Å². The summed E-state index contributed by atoms with van der Waals surface area (Å²) < 4.78 is 1.34. The second kappa shape index (κ2) is 4.79. The lowest BCUT2D eigenvalue weighted by atomic mass is 10.1. The van der Waals surface area contributed by atoms with Crippen molar-refractivity contribution in [3.05, 3.63) is 32.6 Å². The summed E-state index contributed by atoms with van der Waals surface area (Å²) >= 11 is 1.81. The van der Waals surface area contributed by atoms with Crippen LogP contribution in [-0.4, -0.2) is 32.1 Å². The average Bonchev–Trinajstić information content (AvgIpc) is 2.29. The number of aromatic nitrogens is 2. The predicted octanol–water partition coefficient (Wildman–Crippen LogP) is 0.303. The number of thioether (sulfide) groups is 1. The van der Waals surface area contributed by atoms with Crippen molar-refractivity contribution < 1.29 is 9.90 Å². The SMILES string of the molecule is O=C(O)c1cn(C2CCSCC2)c(=O)[nH]c1=O. The van der Waals surface area contributed by atoms with Gasteiger partial charge >= 0.3 is 11.7 Å². The summed E-state index contributed by atoms with van der Waals surface area (Å²) in [5.41, 5.74) is -1.76. The maximum atomic E-state index is 11.6. The van der Waals surface area contributed by atoms with Gasteiger partial charge in [-0.25, -0.2) is 9.59 Å². The molecule has 1 aliphatic rings. The summed E-state index contributed by atoms with van der Waals surface area (Å²) in [5, 5.41) is 8.84. The monoisotopic (exact) mass is 256 g/mol. The van der Waals surface area contributed by atoms with Crippen LogP contribution in [-0.2, 0) is 0 Å². The van der Waals surface area contributed by atoms with E-state index in [0.29, 0.717) is 0 Å². The molecule has 1 aromatic heterocycles. The van der Waals surface area contributed by atoms with Gasteiger partial charge in [-0.1, -0.05) is 0 Å². The smallest absolute Gasteiger partial charge is 0.342 e. The van der Waals surface area contributed by atoms with Crippen LogP contribution < -0.4 is 11.2 Å². The highest BCUT2D eigenvalue weighted by Crippen LogP contribution is 2.25. The molecule has 0 radical (unpaired) electrons. The normalized spacial score (nSPS) is 16.9. The maximum absolute atomic E-state index is 11.6. The zero-order valence-corrected chi connectivity index (χ0v) is 9.83. The Morgan fingerprint density at radius 1 is 1.41 bits per heavy atom. The van der Waals surface area contributed by atoms with Crippen molar-refractivity contribution in [1.29, 1.82) is 0 Å². The first-order chi connectivity index (χ1) is 8.09. The molecule has 0 spiro atoms. The van der Waals surface area contributed by atoms with E-state index in [1.807, 2.05) is 11.8 Å². The first-order valence-electron chi connectivity index (χ1n) is 5.26. The zero-order valence-electron chi connectivity index (χ0n) is 9.01. The van der Waals surface area contributed by atoms with Gasteiger partial charge in [-0.15, -0.1) is 0 Å². The van der Waals surface area contributed by atoms with Crippen LogP contribution in [0.5, 0.6) is 0 Å². The van der Waals surface area contributed by atoms with Crippen molar-refractivity contribution in [1.82, 2.24) is 9.55 Å². The average molecular weight is 256 g/mol. The molecule has 0 unspecified atom stereocenters. The number of carboxylic acids is 1. The number of hydrogen-bond acceptors (Lipinski definition) is 4. The molecule has 17 heavy (non-hydrogen) atoms. The van der Waals surface area contributed by atoms with Crippen LogP contribution in [0.2, 0.25) is 0 Å². The fourth-order valence-corrected chi connectivity index (χ4v) is 2.95. The highest BCUT2D eigenvalue weighted by Gasteiger charge is 2.19. The summed E-state index contributed by atoms with van der Waals surface area (Å²) in [5.74, 6) is 0.572.